The van der Waals surface area contributed by atoms with Gasteiger partial charge in [0.25, 0.3) is 5.91 Å². The van der Waals surface area contributed by atoms with Crippen LogP contribution in [0.3, 0.4) is 0 Å². The molecule has 0 unspecified atom stereocenters. The second-order valence-electron chi connectivity index (χ2n) is 6.89. The number of esters is 1. The molecule has 0 aliphatic heterocycles. The topological polar surface area (TPSA) is 106 Å². The molecule has 160 valence electrons. The molecule has 3 amide bonds. The highest BCUT2D eigenvalue weighted by atomic mass is 16.5. The highest BCUT2D eigenvalue weighted by molar-refractivity contribution is 5.94. The monoisotopic (exact) mass is 413 g/mol. The number of nitrogens with one attached hydrogen (secondary N) is 3. The van der Waals surface area contributed by atoms with Gasteiger partial charge in [0, 0.05) is 24.7 Å². The van der Waals surface area contributed by atoms with Crippen LogP contribution in [-0.4, -0.2) is 38.2 Å². The van der Waals surface area contributed by atoms with Crippen LogP contribution in [-0.2, 0) is 17.8 Å². The summed E-state index contributed by atoms with van der Waals surface area (Å²) in [4.78, 5) is 35.9. The van der Waals surface area contributed by atoms with Crippen LogP contribution in [0.4, 0.5) is 4.79 Å². The van der Waals surface area contributed by atoms with Gasteiger partial charge < -0.3 is 25.4 Å². The summed E-state index contributed by atoms with van der Waals surface area (Å²) in [5, 5.41) is 8.32. The van der Waals surface area contributed by atoms with Crippen molar-refractivity contribution >= 4 is 17.9 Å². The van der Waals surface area contributed by atoms with Crippen LogP contribution in [0.2, 0.25) is 0 Å². The summed E-state index contributed by atoms with van der Waals surface area (Å²) >= 11 is 0. The first-order valence-corrected chi connectivity index (χ1v) is 9.50. The van der Waals surface area contributed by atoms with Gasteiger partial charge in [-0.05, 0) is 49.2 Å². The van der Waals surface area contributed by atoms with E-state index in [1.807, 2.05) is 13.8 Å². The summed E-state index contributed by atoms with van der Waals surface area (Å²) < 4.78 is 9.92. The van der Waals surface area contributed by atoms with Crippen molar-refractivity contribution in [3.8, 4) is 5.75 Å². The number of methoxy groups -OCH3 is 2. The van der Waals surface area contributed by atoms with Gasteiger partial charge >= 0.3 is 12.0 Å². The first-order valence-electron chi connectivity index (χ1n) is 9.50. The molecule has 2 aromatic rings. The van der Waals surface area contributed by atoms with Gasteiger partial charge in [-0.15, -0.1) is 0 Å². The Labute approximate surface area is 175 Å². The van der Waals surface area contributed by atoms with E-state index in [2.05, 4.69) is 16.0 Å². The number of urea groups is 1. The standard InChI is InChI=1S/C22H27N3O5/c1-14(2)25-22(28)24-12-15-5-8-17(9-6-15)20(26)23-13-16-7-10-19(29-3)18(11-16)21(27)30-4/h5-11,14H,12-13H2,1-4H3,(H,23,26)(H2,24,25,28). The number of carbonyl (C=O) groups excluding carboxylic acids is 3. The molecule has 30 heavy (non-hydrogen) atoms. The molecule has 2 rings (SSSR count). The second-order valence-corrected chi connectivity index (χ2v) is 6.89. The minimum Gasteiger partial charge on any atom is -0.496 e. The third kappa shape index (κ3) is 6.51. The van der Waals surface area contributed by atoms with E-state index in [9.17, 15) is 14.4 Å². The number of hydrogen-bond donors (Lipinski definition) is 3. The third-order valence-corrected chi connectivity index (χ3v) is 4.21. The van der Waals surface area contributed by atoms with Crippen molar-refractivity contribution in [3.05, 3.63) is 64.7 Å². The minimum atomic E-state index is -0.508. The van der Waals surface area contributed by atoms with Crippen LogP contribution in [0.25, 0.3) is 0 Å². The SMILES string of the molecule is COC(=O)c1cc(CNC(=O)c2ccc(CNC(=O)NC(C)C)cc2)ccc1OC. The smallest absolute Gasteiger partial charge is 0.341 e. The Morgan fingerprint density at radius 3 is 2.13 bits per heavy atom. The van der Waals surface area contributed by atoms with Crippen LogP contribution in [0, 0.1) is 0 Å². The van der Waals surface area contributed by atoms with Crippen molar-refractivity contribution < 1.29 is 23.9 Å². The molecule has 2 aromatic carbocycles. The molecule has 0 atom stereocenters. The molecule has 0 heterocycles. The van der Waals surface area contributed by atoms with Crippen molar-refractivity contribution in [2.24, 2.45) is 0 Å². The highest BCUT2D eigenvalue weighted by Gasteiger charge is 2.14. The summed E-state index contributed by atoms with van der Waals surface area (Å²) in [6, 6.07) is 11.8. The van der Waals surface area contributed by atoms with Gasteiger partial charge in [0.1, 0.15) is 11.3 Å². The lowest BCUT2D eigenvalue weighted by Gasteiger charge is -2.11. The summed E-state index contributed by atoms with van der Waals surface area (Å²) in [5.41, 5.74) is 2.40. The van der Waals surface area contributed by atoms with Gasteiger partial charge in [0.05, 0.1) is 14.2 Å². The van der Waals surface area contributed by atoms with Crippen molar-refractivity contribution in [2.45, 2.75) is 33.0 Å². The predicted octanol–water partition coefficient (Wildman–Crippen LogP) is 2.62. The zero-order valence-corrected chi connectivity index (χ0v) is 17.6. The quantitative estimate of drug-likeness (QED) is 0.577. The van der Waals surface area contributed by atoms with E-state index in [-0.39, 0.29) is 24.5 Å². The molecule has 8 nitrogen and oxygen atoms in total. The maximum atomic E-state index is 12.4. The fraction of sp³-hybridized carbons (Fsp3) is 0.318. The molecule has 0 spiro atoms. The number of ether oxygens (including phenoxy) is 2. The fourth-order valence-electron chi connectivity index (χ4n) is 2.69. The van der Waals surface area contributed by atoms with Gasteiger partial charge in [0.2, 0.25) is 0 Å². The average molecular weight is 413 g/mol. The summed E-state index contributed by atoms with van der Waals surface area (Å²) in [6.07, 6.45) is 0. The molecule has 0 saturated heterocycles. The summed E-state index contributed by atoms with van der Waals surface area (Å²) in [7, 11) is 2.77. The molecular weight excluding hydrogens is 386 g/mol. The van der Waals surface area contributed by atoms with Crippen LogP contribution in [0.1, 0.15) is 45.7 Å². The largest absolute Gasteiger partial charge is 0.496 e. The zero-order chi connectivity index (χ0) is 22.1. The maximum absolute atomic E-state index is 12.4. The molecular formula is C22H27N3O5. The fourth-order valence-corrected chi connectivity index (χ4v) is 2.69. The Balaban J connectivity index is 1.93. The maximum Gasteiger partial charge on any atom is 0.341 e. The Morgan fingerprint density at radius 1 is 0.900 bits per heavy atom. The zero-order valence-electron chi connectivity index (χ0n) is 17.6. The second kappa shape index (κ2) is 10.8. The van der Waals surface area contributed by atoms with Gasteiger partial charge in [0.15, 0.2) is 0 Å². The van der Waals surface area contributed by atoms with E-state index < -0.39 is 5.97 Å². The first-order chi connectivity index (χ1) is 14.3. The van der Waals surface area contributed by atoms with Gasteiger partial charge in [-0.25, -0.2) is 9.59 Å². The normalized spacial score (nSPS) is 10.3. The van der Waals surface area contributed by atoms with Crippen molar-refractivity contribution in [1.82, 2.24) is 16.0 Å². The first kappa shape index (κ1) is 22.7. The number of hydrogen-bond acceptors (Lipinski definition) is 5. The lowest BCUT2D eigenvalue weighted by molar-refractivity contribution is 0.0597. The van der Waals surface area contributed by atoms with E-state index in [4.69, 9.17) is 9.47 Å². The molecule has 0 fully saturated rings. The van der Waals surface area contributed by atoms with Crippen molar-refractivity contribution in [1.29, 1.82) is 0 Å². The summed E-state index contributed by atoms with van der Waals surface area (Å²) in [5.74, 6) is -0.350. The van der Waals surface area contributed by atoms with E-state index in [1.54, 1.807) is 42.5 Å². The number of carbonyl (C=O) groups is 3. The number of amides is 3. The van der Waals surface area contributed by atoms with Gasteiger partial charge in [-0.2, -0.15) is 0 Å². The van der Waals surface area contributed by atoms with Crippen LogP contribution in [0.15, 0.2) is 42.5 Å². The Morgan fingerprint density at radius 2 is 1.53 bits per heavy atom. The van der Waals surface area contributed by atoms with Gasteiger partial charge in [-0.1, -0.05) is 18.2 Å². The summed E-state index contributed by atoms with van der Waals surface area (Å²) in [6.45, 7) is 4.37. The minimum absolute atomic E-state index is 0.0606. The molecule has 3 N–H and O–H groups in total. The molecule has 0 aliphatic rings. The van der Waals surface area contributed by atoms with E-state index in [1.165, 1.54) is 14.2 Å². The molecule has 0 saturated carbocycles. The number of rotatable bonds is 8. The van der Waals surface area contributed by atoms with E-state index in [0.29, 0.717) is 23.4 Å². The molecule has 0 aliphatic carbocycles. The molecule has 8 heteroatoms. The van der Waals surface area contributed by atoms with E-state index >= 15 is 0 Å². The van der Waals surface area contributed by atoms with Gasteiger partial charge in [-0.3, -0.25) is 4.79 Å². The Kier molecular flexibility index (Phi) is 8.22. The Hall–Kier alpha value is -3.55. The van der Waals surface area contributed by atoms with Crippen LogP contribution in [0.5, 0.6) is 5.75 Å². The van der Waals surface area contributed by atoms with Crippen molar-refractivity contribution in [3.63, 3.8) is 0 Å². The molecule has 0 bridgehead atoms. The lowest BCUT2D eigenvalue weighted by Crippen LogP contribution is -2.39. The third-order valence-electron chi connectivity index (χ3n) is 4.21. The van der Waals surface area contributed by atoms with E-state index in [0.717, 1.165) is 11.1 Å². The lowest BCUT2D eigenvalue weighted by atomic mass is 10.1. The average Bonchev–Trinajstić information content (AvgIpc) is 2.75. The molecule has 0 aromatic heterocycles. The highest BCUT2D eigenvalue weighted by Crippen LogP contribution is 2.20. The van der Waals surface area contributed by atoms with Crippen LogP contribution < -0.4 is 20.7 Å². The predicted molar refractivity (Wildman–Crippen MR) is 112 cm³/mol. The Bertz CT molecular complexity index is 894. The molecule has 0 radical (unpaired) electrons. The van der Waals surface area contributed by atoms with Crippen molar-refractivity contribution in [2.75, 3.05) is 14.2 Å². The number of benzene rings is 2. The van der Waals surface area contributed by atoms with Crippen LogP contribution >= 0.6 is 0 Å².